The van der Waals surface area contributed by atoms with Gasteiger partial charge in [0.25, 0.3) is 0 Å². The molecule has 2 N–H and O–H groups in total. The van der Waals surface area contributed by atoms with Crippen LogP contribution < -0.4 is 10.6 Å². The molecule has 0 bridgehead atoms. The molecule has 0 saturated carbocycles. The Hall–Kier alpha value is -0.550. The first kappa shape index (κ1) is 11.0. The van der Waals surface area contributed by atoms with E-state index in [1.165, 1.54) is 0 Å². The van der Waals surface area contributed by atoms with Gasteiger partial charge in [0.15, 0.2) is 5.96 Å². The third-order valence-corrected chi connectivity index (χ3v) is 3.43. The molecule has 2 rings (SSSR count). The second-order valence-corrected chi connectivity index (χ2v) is 4.94. The molecule has 1 aromatic carbocycles. The molecule has 3 nitrogen and oxygen atoms in total. The van der Waals surface area contributed by atoms with Crippen LogP contribution in [0.25, 0.3) is 0 Å². The molecule has 0 radical (unpaired) electrons. The van der Waals surface area contributed by atoms with Crippen molar-refractivity contribution in [2.75, 3.05) is 18.4 Å². The van der Waals surface area contributed by atoms with Gasteiger partial charge in [-0.3, -0.25) is 4.99 Å². The summed E-state index contributed by atoms with van der Waals surface area (Å²) in [7, 11) is 0. The lowest BCUT2D eigenvalue weighted by Crippen LogP contribution is -2.35. The zero-order chi connectivity index (χ0) is 10.7. The van der Waals surface area contributed by atoms with Gasteiger partial charge in [-0.25, -0.2) is 0 Å². The molecule has 0 amide bonds. The zero-order valence-electron chi connectivity index (χ0n) is 8.06. The summed E-state index contributed by atoms with van der Waals surface area (Å²) >= 11 is 7.00. The lowest BCUT2D eigenvalue weighted by Gasteiger charge is -2.17. The molecule has 1 heterocycles. The fourth-order valence-electron chi connectivity index (χ4n) is 1.35. The number of aliphatic imine (C=N–C) groups is 1. The highest BCUT2D eigenvalue weighted by Gasteiger charge is 2.08. The molecule has 1 aliphatic heterocycles. The summed E-state index contributed by atoms with van der Waals surface area (Å²) in [6.07, 6.45) is 1.10. The minimum atomic E-state index is 0.842. The van der Waals surface area contributed by atoms with Crippen molar-refractivity contribution < 1.29 is 0 Å². The highest BCUT2D eigenvalue weighted by atomic mass is 79.9. The predicted molar refractivity (Wildman–Crippen MR) is 70.4 cm³/mol. The van der Waals surface area contributed by atoms with Crippen LogP contribution in [0.1, 0.15) is 6.42 Å². The second-order valence-electron chi connectivity index (χ2n) is 3.23. The maximum Gasteiger partial charge on any atom is 0.195 e. The fourth-order valence-corrected chi connectivity index (χ4v) is 2.55. The van der Waals surface area contributed by atoms with E-state index in [1.807, 2.05) is 18.2 Å². The molecule has 0 unspecified atom stereocenters. The van der Waals surface area contributed by atoms with Gasteiger partial charge in [0.2, 0.25) is 0 Å². The molecule has 0 spiro atoms. The number of anilines is 1. The summed E-state index contributed by atoms with van der Waals surface area (Å²) in [5.74, 6) is 0.842. The molecule has 5 heteroatoms. The van der Waals surface area contributed by atoms with Gasteiger partial charge < -0.3 is 10.6 Å². The molecule has 0 fully saturated rings. The van der Waals surface area contributed by atoms with E-state index in [0.717, 1.165) is 40.1 Å². The molecule has 0 aliphatic carbocycles. The first-order chi connectivity index (χ1) is 7.27. The number of benzene rings is 1. The summed E-state index contributed by atoms with van der Waals surface area (Å²) in [4.78, 5) is 4.36. The van der Waals surface area contributed by atoms with Crippen molar-refractivity contribution in [3.05, 3.63) is 27.1 Å². The van der Waals surface area contributed by atoms with Gasteiger partial charge in [-0.05, 0) is 50.4 Å². The van der Waals surface area contributed by atoms with Crippen molar-refractivity contribution in [1.82, 2.24) is 5.32 Å². The Labute approximate surface area is 106 Å². The number of hydrogen-bond donors (Lipinski definition) is 2. The Morgan fingerprint density at radius 3 is 2.60 bits per heavy atom. The van der Waals surface area contributed by atoms with Crippen molar-refractivity contribution in [2.45, 2.75) is 6.42 Å². The van der Waals surface area contributed by atoms with Gasteiger partial charge in [0.1, 0.15) is 0 Å². The number of guanidine groups is 1. The van der Waals surface area contributed by atoms with Gasteiger partial charge in [-0.1, -0.05) is 6.07 Å². The zero-order valence-corrected chi connectivity index (χ0v) is 11.2. The normalized spacial score (nSPS) is 15.5. The van der Waals surface area contributed by atoms with Crippen molar-refractivity contribution in [2.24, 2.45) is 4.99 Å². The van der Waals surface area contributed by atoms with Crippen molar-refractivity contribution >= 4 is 43.5 Å². The third-order valence-electron chi connectivity index (χ3n) is 2.10. The van der Waals surface area contributed by atoms with Crippen molar-refractivity contribution in [1.29, 1.82) is 0 Å². The number of para-hydroxylation sites is 1. The average molecular weight is 333 g/mol. The largest absolute Gasteiger partial charge is 0.356 e. The van der Waals surface area contributed by atoms with Crippen molar-refractivity contribution in [3.8, 4) is 0 Å². The van der Waals surface area contributed by atoms with Crippen molar-refractivity contribution in [3.63, 3.8) is 0 Å². The Morgan fingerprint density at radius 1 is 1.27 bits per heavy atom. The van der Waals surface area contributed by atoms with Gasteiger partial charge in [-0.15, -0.1) is 0 Å². The van der Waals surface area contributed by atoms with E-state index < -0.39 is 0 Å². The van der Waals surface area contributed by atoms with E-state index >= 15 is 0 Å². The summed E-state index contributed by atoms with van der Waals surface area (Å²) < 4.78 is 2.04. The summed E-state index contributed by atoms with van der Waals surface area (Å²) in [5, 5.41) is 6.48. The molecule has 0 aromatic heterocycles. The summed E-state index contributed by atoms with van der Waals surface area (Å²) in [6, 6.07) is 5.97. The van der Waals surface area contributed by atoms with E-state index in [-0.39, 0.29) is 0 Å². The Balaban J connectivity index is 2.19. The van der Waals surface area contributed by atoms with E-state index in [4.69, 9.17) is 0 Å². The molecule has 15 heavy (non-hydrogen) atoms. The number of hydrogen-bond acceptors (Lipinski definition) is 3. The van der Waals surface area contributed by atoms with Crippen LogP contribution in [0.2, 0.25) is 0 Å². The highest BCUT2D eigenvalue weighted by molar-refractivity contribution is 9.11. The minimum Gasteiger partial charge on any atom is -0.356 e. The van der Waals surface area contributed by atoms with Crippen LogP contribution in [0.3, 0.4) is 0 Å². The molecule has 1 aliphatic rings. The summed E-state index contributed by atoms with van der Waals surface area (Å²) in [5.41, 5.74) is 1.01. The maximum atomic E-state index is 4.36. The number of rotatable bonds is 1. The molecule has 80 valence electrons. The first-order valence-corrected chi connectivity index (χ1v) is 6.35. The monoisotopic (exact) mass is 331 g/mol. The van der Waals surface area contributed by atoms with E-state index in [1.54, 1.807) is 0 Å². The lowest BCUT2D eigenvalue weighted by atomic mass is 10.3. The highest BCUT2D eigenvalue weighted by Crippen LogP contribution is 2.30. The van der Waals surface area contributed by atoms with Crippen LogP contribution >= 0.6 is 31.9 Å². The van der Waals surface area contributed by atoms with Crippen LogP contribution in [-0.4, -0.2) is 19.0 Å². The molecule has 0 saturated heterocycles. The third kappa shape index (κ3) is 2.72. The van der Waals surface area contributed by atoms with Gasteiger partial charge in [0.05, 0.1) is 5.69 Å². The van der Waals surface area contributed by atoms with Gasteiger partial charge in [-0.2, -0.15) is 0 Å². The van der Waals surface area contributed by atoms with E-state index in [2.05, 4.69) is 47.5 Å². The predicted octanol–water partition coefficient (Wildman–Crippen LogP) is 2.97. The number of halogens is 2. The van der Waals surface area contributed by atoms with Crippen LogP contribution in [-0.2, 0) is 0 Å². The minimum absolute atomic E-state index is 0.842. The second kappa shape index (κ2) is 4.99. The van der Waals surface area contributed by atoms with Gasteiger partial charge in [0, 0.05) is 22.0 Å². The number of nitrogens with zero attached hydrogens (tertiary/aromatic N) is 1. The number of nitrogens with one attached hydrogen (secondary N) is 2. The molecular weight excluding hydrogens is 322 g/mol. The van der Waals surface area contributed by atoms with Crippen LogP contribution in [0.4, 0.5) is 5.69 Å². The lowest BCUT2D eigenvalue weighted by molar-refractivity contribution is 0.740. The standard InChI is InChI=1S/C10H11Br2N3/c11-7-3-1-4-8(12)9(7)15-10-13-5-2-6-14-10/h1,3-4H,2,5-6H2,(H2,13,14,15). The topological polar surface area (TPSA) is 36.4 Å². The molecule has 1 aromatic rings. The van der Waals surface area contributed by atoms with Crippen LogP contribution in [0, 0.1) is 0 Å². The molecular formula is C10H11Br2N3. The van der Waals surface area contributed by atoms with E-state index in [9.17, 15) is 0 Å². The Morgan fingerprint density at radius 2 is 2.00 bits per heavy atom. The fraction of sp³-hybridized carbons (Fsp3) is 0.300. The Bertz CT molecular complexity index is 370. The quantitative estimate of drug-likeness (QED) is 0.829. The van der Waals surface area contributed by atoms with Gasteiger partial charge >= 0.3 is 0 Å². The SMILES string of the molecule is Brc1cccc(Br)c1NC1=NCCCN1. The average Bonchev–Trinajstić information content (AvgIpc) is 2.25. The van der Waals surface area contributed by atoms with E-state index in [0.29, 0.717) is 0 Å². The molecule has 0 atom stereocenters. The first-order valence-electron chi connectivity index (χ1n) is 4.77. The van der Waals surface area contributed by atoms with Crippen LogP contribution in [0.5, 0.6) is 0 Å². The van der Waals surface area contributed by atoms with Crippen LogP contribution in [0.15, 0.2) is 32.1 Å². The summed E-state index contributed by atoms with van der Waals surface area (Å²) in [6.45, 7) is 1.87. The maximum absolute atomic E-state index is 4.36. The Kier molecular flexibility index (Phi) is 3.64. The smallest absolute Gasteiger partial charge is 0.195 e.